The molecule has 0 aromatic heterocycles. The highest BCUT2D eigenvalue weighted by atomic mass is 19.1. The van der Waals surface area contributed by atoms with Crippen LogP contribution < -0.4 is 10.5 Å². The molecule has 0 spiro atoms. The van der Waals surface area contributed by atoms with Crippen molar-refractivity contribution >= 4 is 0 Å². The summed E-state index contributed by atoms with van der Waals surface area (Å²) in [6.45, 7) is 2.08. The number of hydrogen-bond acceptors (Lipinski definition) is 2. The van der Waals surface area contributed by atoms with E-state index >= 15 is 0 Å². The normalized spacial score (nSPS) is 29.4. The molecule has 0 amide bonds. The van der Waals surface area contributed by atoms with Gasteiger partial charge in [-0.25, -0.2) is 4.39 Å². The second kappa shape index (κ2) is 4.06. The van der Waals surface area contributed by atoms with Gasteiger partial charge < -0.3 is 10.5 Å². The third-order valence-corrected chi connectivity index (χ3v) is 3.61. The first kappa shape index (κ1) is 11.4. The van der Waals surface area contributed by atoms with Gasteiger partial charge in [-0.2, -0.15) is 0 Å². The monoisotopic (exact) mass is 223 g/mol. The largest absolute Gasteiger partial charge is 0.494 e. The Balaban J connectivity index is 2.40. The molecule has 2 nitrogen and oxygen atoms in total. The van der Waals surface area contributed by atoms with Gasteiger partial charge in [0.2, 0.25) is 0 Å². The Morgan fingerprint density at radius 3 is 2.81 bits per heavy atom. The van der Waals surface area contributed by atoms with E-state index in [4.69, 9.17) is 10.5 Å². The Morgan fingerprint density at radius 2 is 2.25 bits per heavy atom. The molecular weight excluding hydrogens is 205 g/mol. The molecule has 3 heteroatoms. The standard InChI is InChI=1S/C13H18FNO/c1-13(7-6-9(15)8-13)10-4-3-5-11(16-2)12(10)14/h3-5,9H,6-8,15H2,1-2H3. The van der Waals surface area contributed by atoms with Gasteiger partial charge in [0.1, 0.15) is 0 Å². The number of halogens is 1. The van der Waals surface area contributed by atoms with Crippen LogP contribution in [0.15, 0.2) is 18.2 Å². The number of benzene rings is 1. The van der Waals surface area contributed by atoms with E-state index in [2.05, 4.69) is 6.92 Å². The number of ether oxygens (including phenoxy) is 1. The Morgan fingerprint density at radius 1 is 1.50 bits per heavy atom. The summed E-state index contributed by atoms with van der Waals surface area (Å²) < 4.78 is 19.1. The molecule has 88 valence electrons. The van der Waals surface area contributed by atoms with Gasteiger partial charge in [-0.3, -0.25) is 0 Å². The van der Waals surface area contributed by atoms with Crippen molar-refractivity contribution in [2.24, 2.45) is 5.73 Å². The fraction of sp³-hybridized carbons (Fsp3) is 0.538. The van der Waals surface area contributed by atoms with Crippen molar-refractivity contribution in [2.45, 2.75) is 37.6 Å². The van der Waals surface area contributed by atoms with E-state index in [1.807, 2.05) is 12.1 Å². The summed E-state index contributed by atoms with van der Waals surface area (Å²) in [6.07, 6.45) is 2.75. The maximum atomic E-state index is 14.1. The fourth-order valence-corrected chi connectivity index (χ4v) is 2.67. The minimum Gasteiger partial charge on any atom is -0.494 e. The summed E-state index contributed by atoms with van der Waals surface area (Å²) in [5.74, 6) is 0.0841. The Hall–Kier alpha value is -1.09. The van der Waals surface area contributed by atoms with Crippen molar-refractivity contribution in [1.82, 2.24) is 0 Å². The average Bonchev–Trinajstić information content (AvgIpc) is 2.60. The van der Waals surface area contributed by atoms with Gasteiger partial charge in [-0.1, -0.05) is 19.1 Å². The summed E-state index contributed by atoms with van der Waals surface area (Å²) in [7, 11) is 1.49. The molecule has 0 bridgehead atoms. The van der Waals surface area contributed by atoms with Gasteiger partial charge in [-0.15, -0.1) is 0 Å². The molecule has 1 aliphatic rings. The van der Waals surface area contributed by atoms with Gasteiger partial charge in [-0.05, 0) is 36.3 Å². The van der Waals surface area contributed by atoms with E-state index < -0.39 is 0 Å². The first-order valence-corrected chi connectivity index (χ1v) is 5.65. The van der Waals surface area contributed by atoms with Crippen molar-refractivity contribution in [3.8, 4) is 5.75 Å². The molecule has 16 heavy (non-hydrogen) atoms. The van der Waals surface area contributed by atoms with Crippen LogP contribution in [0.3, 0.4) is 0 Å². The lowest BCUT2D eigenvalue weighted by Gasteiger charge is -2.25. The SMILES string of the molecule is COc1cccc(C2(C)CCC(N)C2)c1F. The van der Waals surface area contributed by atoms with Crippen molar-refractivity contribution < 1.29 is 9.13 Å². The molecule has 1 aromatic carbocycles. The zero-order chi connectivity index (χ0) is 11.8. The molecule has 2 N–H and O–H groups in total. The topological polar surface area (TPSA) is 35.2 Å². The molecule has 2 atom stereocenters. The molecular formula is C13H18FNO. The fourth-order valence-electron chi connectivity index (χ4n) is 2.67. The number of rotatable bonds is 2. The number of nitrogens with two attached hydrogens (primary N) is 1. The average molecular weight is 223 g/mol. The van der Waals surface area contributed by atoms with Crippen LogP contribution in [-0.2, 0) is 5.41 Å². The van der Waals surface area contributed by atoms with E-state index in [1.165, 1.54) is 7.11 Å². The van der Waals surface area contributed by atoms with Gasteiger partial charge in [0, 0.05) is 6.04 Å². The van der Waals surface area contributed by atoms with Gasteiger partial charge in [0.25, 0.3) is 0 Å². The summed E-state index contributed by atoms with van der Waals surface area (Å²) in [6, 6.07) is 5.52. The van der Waals surface area contributed by atoms with Crippen LogP contribution in [0.25, 0.3) is 0 Å². The summed E-state index contributed by atoms with van der Waals surface area (Å²) in [5, 5.41) is 0. The zero-order valence-electron chi connectivity index (χ0n) is 9.79. The molecule has 0 radical (unpaired) electrons. The molecule has 2 unspecified atom stereocenters. The molecule has 0 aliphatic heterocycles. The first-order valence-electron chi connectivity index (χ1n) is 5.65. The molecule has 1 saturated carbocycles. The quantitative estimate of drug-likeness (QED) is 0.836. The molecule has 0 heterocycles. The van der Waals surface area contributed by atoms with Crippen LogP contribution in [0, 0.1) is 5.82 Å². The predicted molar refractivity (Wildman–Crippen MR) is 62.1 cm³/mol. The molecule has 0 saturated heterocycles. The lowest BCUT2D eigenvalue weighted by atomic mass is 9.80. The van der Waals surface area contributed by atoms with Crippen LogP contribution in [-0.4, -0.2) is 13.2 Å². The van der Waals surface area contributed by atoms with Crippen LogP contribution in [0.4, 0.5) is 4.39 Å². The Kier molecular flexibility index (Phi) is 2.89. The van der Waals surface area contributed by atoms with E-state index in [9.17, 15) is 4.39 Å². The second-order valence-corrected chi connectivity index (χ2v) is 4.89. The van der Waals surface area contributed by atoms with Crippen LogP contribution in [0.5, 0.6) is 5.75 Å². The molecule has 1 fully saturated rings. The van der Waals surface area contributed by atoms with E-state index in [-0.39, 0.29) is 17.3 Å². The molecule has 1 aliphatic carbocycles. The second-order valence-electron chi connectivity index (χ2n) is 4.89. The summed E-state index contributed by atoms with van der Waals surface area (Å²) >= 11 is 0. The van der Waals surface area contributed by atoms with Crippen molar-refractivity contribution in [1.29, 1.82) is 0 Å². The maximum Gasteiger partial charge on any atom is 0.168 e. The van der Waals surface area contributed by atoms with Crippen molar-refractivity contribution in [2.75, 3.05) is 7.11 Å². The van der Waals surface area contributed by atoms with Crippen LogP contribution in [0.2, 0.25) is 0 Å². The highest BCUT2D eigenvalue weighted by molar-refractivity contribution is 5.36. The lowest BCUT2D eigenvalue weighted by molar-refractivity contribution is 0.372. The van der Waals surface area contributed by atoms with Crippen LogP contribution in [0.1, 0.15) is 31.7 Å². The van der Waals surface area contributed by atoms with E-state index in [0.29, 0.717) is 5.75 Å². The molecule has 1 aromatic rings. The summed E-state index contributed by atoms with van der Waals surface area (Å²) in [5.41, 5.74) is 6.51. The predicted octanol–water partition coefficient (Wildman–Crippen LogP) is 2.60. The number of hydrogen-bond donors (Lipinski definition) is 1. The van der Waals surface area contributed by atoms with E-state index in [1.54, 1.807) is 6.07 Å². The zero-order valence-corrected chi connectivity index (χ0v) is 9.79. The van der Waals surface area contributed by atoms with Crippen molar-refractivity contribution in [3.63, 3.8) is 0 Å². The highest BCUT2D eigenvalue weighted by Gasteiger charge is 2.37. The lowest BCUT2D eigenvalue weighted by Crippen LogP contribution is -2.23. The maximum absolute atomic E-state index is 14.1. The number of methoxy groups -OCH3 is 1. The Bertz CT molecular complexity index is 394. The Labute approximate surface area is 95.6 Å². The third kappa shape index (κ3) is 1.80. The van der Waals surface area contributed by atoms with Crippen LogP contribution >= 0.6 is 0 Å². The van der Waals surface area contributed by atoms with Crippen molar-refractivity contribution in [3.05, 3.63) is 29.6 Å². The van der Waals surface area contributed by atoms with Gasteiger partial charge >= 0.3 is 0 Å². The minimum absolute atomic E-state index is 0.141. The van der Waals surface area contributed by atoms with Gasteiger partial charge in [0.15, 0.2) is 11.6 Å². The third-order valence-electron chi connectivity index (χ3n) is 3.61. The smallest absolute Gasteiger partial charge is 0.168 e. The van der Waals surface area contributed by atoms with Gasteiger partial charge in [0.05, 0.1) is 7.11 Å². The first-order chi connectivity index (χ1) is 7.57. The summed E-state index contributed by atoms with van der Waals surface area (Å²) in [4.78, 5) is 0. The highest BCUT2D eigenvalue weighted by Crippen LogP contribution is 2.42. The minimum atomic E-state index is -0.235. The molecule has 2 rings (SSSR count). The van der Waals surface area contributed by atoms with E-state index in [0.717, 1.165) is 24.8 Å².